The lowest BCUT2D eigenvalue weighted by Crippen LogP contribution is -2.04. The fraction of sp³-hybridized carbons (Fsp3) is 0.182. The summed E-state index contributed by atoms with van der Waals surface area (Å²) in [6.07, 6.45) is 0.691. The van der Waals surface area contributed by atoms with Gasteiger partial charge in [0.1, 0.15) is 5.75 Å². The van der Waals surface area contributed by atoms with Crippen molar-refractivity contribution in [3.05, 3.63) is 71.1 Å². The summed E-state index contributed by atoms with van der Waals surface area (Å²) in [5, 5.41) is 16.4. The highest BCUT2D eigenvalue weighted by atomic mass is 16.5. The zero-order valence-corrected chi connectivity index (χ0v) is 15.1. The molecule has 1 aromatic heterocycles. The second-order valence-electron chi connectivity index (χ2n) is 6.65. The first-order chi connectivity index (χ1) is 13.2. The molecule has 0 saturated carbocycles. The Labute approximate surface area is 156 Å². The number of aryl methyl sites for hydroxylation is 2. The van der Waals surface area contributed by atoms with Crippen molar-refractivity contribution in [2.45, 2.75) is 19.9 Å². The van der Waals surface area contributed by atoms with E-state index >= 15 is 0 Å². The van der Waals surface area contributed by atoms with Crippen molar-refractivity contribution in [1.82, 2.24) is 4.57 Å². The van der Waals surface area contributed by atoms with E-state index in [1.165, 1.54) is 5.39 Å². The fourth-order valence-corrected chi connectivity index (χ4v) is 3.42. The van der Waals surface area contributed by atoms with Gasteiger partial charge >= 0.3 is 0 Å². The molecule has 0 fully saturated rings. The summed E-state index contributed by atoms with van der Waals surface area (Å²) in [6, 6.07) is 19.9. The van der Waals surface area contributed by atoms with E-state index in [-0.39, 0.29) is 11.6 Å². The normalized spacial score (nSPS) is 11.1. The molecule has 3 aromatic carbocycles. The number of ether oxygens (including phenoxy) is 1. The predicted octanol–water partition coefficient (Wildman–Crippen LogP) is 5.68. The SMILES string of the molecule is Cc1ccc2c(c1)c(N=O)c(O)n2CCCOc1ccc2ccccc2c1. The Morgan fingerprint density at radius 1 is 1.04 bits per heavy atom. The smallest absolute Gasteiger partial charge is 0.222 e. The van der Waals surface area contributed by atoms with Crippen molar-refractivity contribution in [3.8, 4) is 11.6 Å². The molecule has 27 heavy (non-hydrogen) atoms. The third-order valence-electron chi connectivity index (χ3n) is 4.77. The first kappa shape index (κ1) is 17.1. The molecule has 4 aromatic rings. The van der Waals surface area contributed by atoms with Gasteiger partial charge in [0.05, 0.1) is 12.1 Å². The molecular formula is C22H20N2O3. The van der Waals surface area contributed by atoms with Crippen molar-refractivity contribution in [1.29, 1.82) is 0 Å². The van der Waals surface area contributed by atoms with Gasteiger partial charge in [0.2, 0.25) is 5.88 Å². The van der Waals surface area contributed by atoms with Crippen LogP contribution in [0.15, 0.2) is 65.8 Å². The van der Waals surface area contributed by atoms with Crippen molar-refractivity contribution in [3.63, 3.8) is 0 Å². The van der Waals surface area contributed by atoms with Gasteiger partial charge in [0.25, 0.3) is 0 Å². The van der Waals surface area contributed by atoms with Gasteiger partial charge < -0.3 is 14.4 Å². The van der Waals surface area contributed by atoms with Gasteiger partial charge in [-0.25, -0.2) is 0 Å². The van der Waals surface area contributed by atoms with Crippen LogP contribution in [0.3, 0.4) is 0 Å². The molecule has 136 valence electrons. The Morgan fingerprint density at radius 3 is 2.67 bits per heavy atom. The van der Waals surface area contributed by atoms with Crippen LogP contribution in [0.4, 0.5) is 5.69 Å². The molecule has 1 heterocycles. The minimum absolute atomic E-state index is 0.0868. The largest absolute Gasteiger partial charge is 0.494 e. The van der Waals surface area contributed by atoms with E-state index in [4.69, 9.17) is 4.74 Å². The summed E-state index contributed by atoms with van der Waals surface area (Å²) in [5.74, 6) is 0.734. The Hall–Kier alpha value is -3.34. The molecule has 5 nitrogen and oxygen atoms in total. The molecular weight excluding hydrogens is 340 g/mol. The van der Waals surface area contributed by atoms with Crippen molar-refractivity contribution >= 4 is 27.4 Å². The molecule has 5 heteroatoms. The van der Waals surface area contributed by atoms with Crippen molar-refractivity contribution in [2.24, 2.45) is 5.18 Å². The second kappa shape index (κ2) is 7.11. The maximum absolute atomic E-state index is 11.1. The van der Waals surface area contributed by atoms with Crippen LogP contribution in [0.1, 0.15) is 12.0 Å². The monoisotopic (exact) mass is 360 g/mol. The van der Waals surface area contributed by atoms with E-state index in [1.807, 2.05) is 55.5 Å². The fourth-order valence-electron chi connectivity index (χ4n) is 3.42. The van der Waals surface area contributed by atoms with Gasteiger partial charge in [0, 0.05) is 11.9 Å². The van der Waals surface area contributed by atoms with Gasteiger partial charge in [-0.15, -0.1) is 4.91 Å². The third kappa shape index (κ3) is 3.24. The first-order valence-corrected chi connectivity index (χ1v) is 8.94. The molecule has 0 aliphatic heterocycles. The number of aromatic hydroxyl groups is 1. The topological polar surface area (TPSA) is 63.8 Å². The Balaban J connectivity index is 1.47. The van der Waals surface area contributed by atoms with E-state index < -0.39 is 0 Å². The summed E-state index contributed by atoms with van der Waals surface area (Å²) < 4.78 is 7.58. The number of hydrogen-bond donors (Lipinski definition) is 1. The Morgan fingerprint density at radius 2 is 1.85 bits per heavy atom. The number of benzene rings is 3. The van der Waals surface area contributed by atoms with Gasteiger partial charge in [-0.2, -0.15) is 0 Å². The van der Waals surface area contributed by atoms with Crippen LogP contribution in [0, 0.1) is 11.8 Å². The number of nitroso groups, excluding NO2 is 1. The van der Waals surface area contributed by atoms with Crippen LogP contribution in [-0.2, 0) is 6.54 Å². The number of hydrogen-bond acceptors (Lipinski definition) is 4. The number of nitrogens with zero attached hydrogens (tertiary/aromatic N) is 2. The maximum Gasteiger partial charge on any atom is 0.222 e. The van der Waals surface area contributed by atoms with Gasteiger partial charge in [-0.05, 0) is 53.6 Å². The highest BCUT2D eigenvalue weighted by Crippen LogP contribution is 2.39. The van der Waals surface area contributed by atoms with Crippen LogP contribution < -0.4 is 4.74 Å². The highest BCUT2D eigenvalue weighted by molar-refractivity contribution is 5.95. The van der Waals surface area contributed by atoms with Crippen molar-refractivity contribution in [2.75, 3.05) is 6.61 Å². The second-order valence-corrected chi connectivity index (χ2v) is 6.65. The molecule has 0 radical (unpaired) electrons. The van der Waals surface area contributed by atoms with Crippen LogP contribution in [0.5, 0.6) is 11.6 Å². The minimum Gasteiger partial charge on any atom is -0.494 e. The molecule has 0 spiro atoms. The Kier molecular flexibility index (Phi) is 4.50. The number of fused-ring (bicyclic) bond motifs is 2. The number of aromatic nitrogens is 1. The standard InChI is InChI=1S/C22H20N2O3/c1-15-7-10-20-19(13-15)21(23-26)22(25)24(20)11-4-12-27-18-9-8-16-5-2-3-6-17(16)14-18/h2-3,5-10,13-14,25H,4,11-12H2,1H3. The van der Waals surface area contributed by atoms with Crippen LogP contribution in [-0.4, -0.2) is 16.3 Å². The molecule has 0 aliphatic carbocycles. The van der Waals surface area contributed by atoms with Crippen molar-refractivity contribution < 1.29 is 9.84 Å². The average molecular weight is 360 g/mol. The lowest BCUT2D eigenvalue weighted by Gasteiger charge is -2.09. The first-order valence-electron chi connectivity index (χ1n) is 8.94. The molecule has 0 bridgehead atoms. The molecule has 4 rings (SSSR count). The van der Waals surface area contributed by atoms with E-state index in [9.17, 15) is 10.0 Å². The van der Waals surface area contributed by atoms with Crippen LogP contribution in [0.25, 0.3) is 21.7 Å². The molecule has 0 aliphatic rings. The zero-order chi connectivity index (χ0) is 18.8. The summed E-state index contributed by atoms with van der Waals surface area (Å²) in [4.78, 5) is 11.1. The molecule has 0 atom stereocenters. The summed E-state index contributed by atoms with van der Waals surface area (Å²) in [5.41, 5.74) is 1.92. The quantitative estimate of drug-likeness (QED) is 0.356. The van der Waals surface area contributed by atoms with Crippen LogP contribution >= 0.6 is 0 Å². The maximum atomic E-state index is 11.1. The lowest BCUT2D eigenvalue weighted by atomic mass is 10.1. The predicted molar refractivity (Wildman–Crippen MR) is 108 cm³/mol. The van der Waals surface area contributed by atoms with E-state index in [0.29, 0.717) is 25.0 Å². The zero-order valence-electron chi connectivity index (χ0n) is 15.1. The van der Waals surface area contributed by atoms with Gasteiger partial charge in [0.15, 0.2) is 5.69 Å². The molecule has 0 amide bonds. The van der Waals surface area contributed by atoms with Gasteiger partial charge in [-0.3, -0.25) is 0 Å². The molecule has 0 unspecified atom stereocenters. The van der Waals surface area contributed by atoms with Crippen LogP contribution in [0.2, 0.25) is 0 Å². The summed E-state index contributed by atoms with van der Waals surface area (Å²) >= 11 is 0. The van der Waals surface area contributed by atoms with E-state index in [1.54, 1.807) is 4.57 Å². The molecule has 0 saturated heterocycles. The van der Waals surface area contributed by atoms with E-state index in [0.717, 1.165) is 22.2 Å². The third-order valence-corrected chi connectivity index (χ3v) is 4.77. The van der Waals surface area contributed by atoms with E-state index in [2.05, 4.69) is 17.3 Å². The van der Waals surface area contributed by atoms with Gasteiger partial charge in [-0.1, -0.05) is 42.0 Å². The summed E-state index contributed by atoms with van der Waals surface area (Å²) in [6.45, 7) is 2.99. The lowest BCUT2D eigenvalue weighted by molar-refractivity contribution is 0.298. The minimum atomic E-state index is -0.0868. The summed E-state index contributed by atoms with van der Waals surface area (Å²) in [7, 11) is 0. The Bertz CT molecular complexity index is 1130. The average Bonchev–Trinajstić information content (AvgIpc) is 2.95. The highest BCUT2D eigenvalue weighted by Gasteiger charge is 2.17. The molecule has 1 N–H and O–H groups in total. The number of rotatable bonds is 6.